The molecule has 1 aliphatic heterocycles. The Morgan fingerprint density at radius 1 is 1.39 bits per heavy atom. The summed E-state index contributed by atoms with van der Waals surface area (Å²) >= 11 is 0. The van der Waals surface area contributed by atoms with Crippen LogP contribution in [0.1, 0.15) is 17.0 Å². The monoisotopic (exact) mass is 243 g/mol. The van der Waals surface area contributed by atoms with E-state index in [0.29, 0.717) is 0 Å². The first kappa shape index (κ1) is 11.3. The molecule has 18 heavy (non-hydrogen) atoms. The summed E-state index contributed by atoms with van der Waals surface area (Å²) in [4.78, 5) is 6.65. The Morgan fingerprint density at radius 3 is 3.11 bits per heavy atom. The van der Waals surface area contributed by atoms with Gasteiger partial charge in [0, 0.05) is 25.3 Å². The van der Waals surface area contributed by atoms with Gasteiger partial charge in [-0.15, -0.1) is 0 Å². The predicted molar refractivity (Wildman–Crippen MR) is 70.4 cm³/mol. The topological polar surface area (TPSA) is 41.3 Å². The third kappa shape index (κ3) is 2.11. The number of hydrogen-bond acceptors (Lipinski definition) is 4. The van der Waals surface area contributed by atoms with Crippen LogP contribution >= 0.6 is 0 Å². The molecule has 1 aromatic heterocycles. The fourth-order valence-electron chi connectivity index (χ4n) is 2.35. The fraction of sp³-hybridized carbons (Fsp3) is 0.357. The molecular weight excluding hydrogens is 226 g/mol. The maximum atomic E-state index is 5.27. The van der Waals surface area contributed by atoms with Crippen LogP contribution in [-0.4, -0.2) is 18.1 Å². The summed E-state index contributed by atoms with van der Waals surface area (Å²) in [5, 5.41) is 3.44. The van der Waals surface area contributed by atoms with Crippen molar-refractivity contribution in [2.24, 2.45) is 0 Å². The molecule has 4 nitrogen and oxygen atoms in total. The third-order valence-corrected chi connectivity index (χ3v) is 3.39. The lowest BCUT2D eigenvalue weighted by molar-refractivity contribution is 0.523. The third-order valence-electron chi connectivity index (χ3n) is 3.39. The number of para-hydroxylation sites is 1. The molecular formula is C14H17N3O. The van der Waals surface area contributed by atoms with E-state index in [0.717, 1.165) is 37.6 Å². The fourth-order valence-corrected chi connectivity index (χ4v) is 2.35. The van der Waals surface area contributed by atoms with Gasteiger partial charge in [0.1, 0.15) is 11.5 Å². The number of rotatable bonds is 2. The number of anilines is 1. The Labute approximate surface area is 107 Å². The Kier molecular flexibility index (Phi) is 3.02. The molecule has 4 heteroatoms. The molecule has 0 spiro atoms. The van der Waals surface area contributed by atoms with Crippen molar-refractivity contribution in [2.75, 3.05) is 18.0 Å². The van der Waals surface area contributed by atoms with Crippen LogP contribution in [0, 0.1) is 6.92 Å². The lowest BCUT2D eigenvalue weighted by atomic mass is 10.1. The molecule has 0 unspecified atom stereocenters. The van der Waals surface area contributed by atoms with Gasteiger partial charge in [-0.05, 0) is 18.6 Å². The molecule has 2 aromatic rings. The maximum Gasteiger partial charge on any atom is 0.181 e. The van der Waals surface area contributed by atoms with Gasteiger partial charge in [0.25, 0.3) is 0 Å². The van der Waals surface area contributed by atoms with Crippen molar-refractivity contribution < 1.29 is 4.42 Å². The largest absolute Gasteiger partial charge is 0.448 e. The van der Waals surface area contributed by atoms with Crippen LogP contribution in [0.15, 0.2) is 35.1 Å². The van der Waals surface area contributed by atoms with E-state index in [1.807, 2.05) is 6.92 Å². The molecule has 0 amide bonds. The minimum absolute atomic E-state index is 0.807. The molecule has 2 heterocycles. The molecule has 0 aliphatic carbocycles. The van der Waals surface area contributed by atoms with Crippen LogP contribution < -0.4 is 10.2 Å². The zero-order chi connectivity index (χ0) is 12.4. The summed E-state index contributed by atoms with van der Waals surface area (Å²) in [6, 6.07) is 8.53. The number of oxazole rings is 1. The van der Waals surface area contributed by atoms with Gasteiger partial charge in [0.2, 0.25) is 0 Å². The Balaban J connectivity index is 1.90. The molecule has 1 aromatic carbocycles. The molecule has 1 N–H and O–H groups in total. The number of nitrogens with zero attached hydrogens (tertiary/aromatic N) is 2. The summed E-state index contributed by atoms with van der Waals surface area (Å²) in [5.41, 5.74) is 3.66. The lowest BCUT2D eigenvalue weighted by Crippen LogP contribution is -2.28. The van der Waals surface area contributed by atoms with Gasteiger partial charge in [-0.2, -0.15) is 0 Å². The minimum atomic E-state index is 0.807. The van der Waals surface area contributed by atoms with E-state index >= 15 is 0 Å². The van der Waals surface area contributed by atoms with Gasteiger partial charge in [-0.25, -0.2) is 4.98 Å². The maximum absolute atomic E-state index is 5.27. The standard InChI is InChI=1S/C14H17N3O/c1-11-13(16-10-18-11)9-17-7-6-15-8-12-4-2-3-5-14(12)17/h2-5,10,15H,6-9H2,1H3. The van der Waals surface area contributed by atoms with Crippen molar-refractivity contribution >= 4 is 5.69 Å². The first-order chi connectivity index (χ1) is 8.84. The number of hydrogen-bond donors (Lipinski definition) is 1. The smallest absolute Gasteiger partial charge is 0.181 e. The molecule has 1 aliphatic rings. The average Bonchev–Trinajstić information content (AvgIpc) is 2.68. The van der Waals surface area contributed by atoms with Crippen LogP contribution in [0.2, 0.25) is 0 Å². The lowest BCUT2D eigenvalue weighted by Gasteiger charge is -2.23. The van der Waals surface area contributed by atoms with Gasteiger partial charge < -0.3 is 14.6 Å². The minimum Gasteiger partial charge on any atom is -0.448 e. The van der Waals surface area contributed by atoms with Crippen molar-refractivity contribution in [1.29, 1.82) is 0 Å². The van der Waals surface area contributed by atoms with Crippen LogP contribution in [0.5, 0.6) is 0 Å². The van der Waals surface area contributed by atoms with Crippen molar-refractivity contribution in [3.05, 3.63) is 47.7 Å². The van der Waals surface area contributed by atoms with E-state index in [9.17, 15) is 0 Å². The van der Waals surface area contributed by atoms with E-state index in [1.54, 1.807) is 0 Å². The summed E-state index contributed by atoms with van der Waals surface area (Å²) in [6.45, 7) is 5.69. The number of benzene rings is 1. The van der Waals surface area contributed by atoms with Crippen molar-refractivity contribution in [1.82, 2.24) is 10.3 Å². The van der Waals surface area contributed by atoms with Crippen LogP contribution in [0.25, 0.3) is 0 Å². The van der Waals surface area contributed by atoms with Crippen LogP contribution in [0.3, 0.4) is 0 Å². The molecule has 3 rings (SSSR count). The van der Waals surface area contributed by atoms with Gasteiger partial charge in [0.15, 0.2) is 6.39 Å². The van der Waals surface area contributed by atoms with Crippen molar-refractivity contribution in [3.8, 4) is 0 Å². The first-order valence-electron chi connectivity index (χ1n) is 6.27. The number of aromatic nitrogens is 1. The highest BCUT2D eigenvalue weighted by atomic mass is 16.3. The Hall–Kier alpha value is -1.81. The second kappa shape index (κ2) is 4.82. The summed E-state index contributed by atoms with van der Waals surface area (Å²) in [6.07, 6.45) is 1.52. The van der Waals surface area contributed by atoms with Crippen molar-refractivity contribution in [3.63, 3.8) is 0 Å². The van der Waals surface area contributed by atoms with Gasteiger partial charge >= 0.3 is 0 Å². The van der Waals surface area contributed by atoms with Crippen molar-refractivity contribution in [2.45, 2.75) is 20.0 Å². The van der Waals surface area contributed by atoms with E-state index in [2.05, 4.69) is 39.5 Å². The van der Waals surface area contributed by atoms with Crippen LogP contribution in [0.4, 0.5) is 5.69 Å². The van der Waals surface area contributed by atoms with E-state index < -0.39 is 0 Å². The predicted octanol–water partition coefficient (Wildman–Crippen LogP) is 2.09. The van der Waals surface area contributed by atoms with E-state index in [4.69, 9.17) is 4.42 Å². The van der Waals surface area contributed by atoms with E-state index in [-0.39, 0.29) is 0 Å². The number of fused-ring (bicyclic) bond motifs is 1. The highest BCUT2D eigenvalue weighted by molar-refractivity contribution is 5.54. The normalized spacial score (nSPS) is 15.3. The molecule has 0 saturated carbocycles. The SMILES string of the molecule is Cc1ocnc1CN1CCNCc2ccccc21. The van der Waals surface area contributed by atoms with Gasteiger partial charge in [-0.1, -0.05) is 18.2 Å². The second-order valence-corrected chi connectivity index (χ2v) is 4.58. The Bertz CT molecular complexity index is 535. The van der Waals surface area contributed by atoms with Gasteiger partial charge in [-0.3, -0.25) is 0 Å². The zero-order valence-electron chi connectivity index (χ0n) is 10.5. The van der Waals surface area contributed by atoms with Crippen LogP contribution in [-0.2, 0) is 13.1 Å². The quantitative estimate of drug-likeness (QED) is 0.877. The number of aryl methyl sites for hydroxylation is 1. The van der Waals surface area contributed by atoms with Gasteiger partial charge in [0.05, 0.1) is 6.54 Å². The first-order valence-corrected chi connectivity index (χ1v) is 6.27. The molecule has 94 valence electrons. The average molecular weight is 243 g/mol. The molecule has 0 fully saturated rings. The summed E-state index contributed by atoms with van der Waals surface area (Å²) in [5.74, 6) is 0.907. The Morgan fingerprint density at radius 2 is 2.28 bits per heavy atom. The molecule has 0 saturated heterocycles. The summed E-state index contributed by atoms with van der Waals surface area (Å²) in [7, 11) is 0. The molecule has 0 radical (unpaired) electrons. The molecule has 0 atom stereocenters. The second-order valence-electron chi connectivity index (χ2n) is 4.58. The number of nitrogens with one attached hydrogen (secondary N) is 1. The highest BCUT2D eigenvalue weighted by Crippen LogP contribution is 2.24. The molecule has 0 bridgehead atoms. The summed E-state index contributed by atoms with van der Waals surface area (Å²) < 4.78 is 5.27. The van der Waals surface area contributed by atoms with E-state index in [1.165, 1.54) is 17.6 Å². The zero-order valence-corrected chi connectivity index (χ0v) is 10.5. The highest BCUT2D eigenvalue weighted by Gasteiger charge is 2.16.